The molecule has 96 valence electrons. The Morgan fingerprint density at radius 1 is 1.47 bits per heavy atom. The second-order valence-corrected chi connectivity index (χ2v) is 6.43. The van der Waals surface area contributed by atoms with Crippen molar-refractivity contribution in [2.75, 3.05) is 16.8 Å². The van der Waals surface area contributed by atoms with Crippen LogP contribution in [0.1, 0.15) is 51.3 Å². The minimum Gasteiger partial charge on any atom is -0.344 e. The lowest BCUT2D eigenvalue weighted by Crippen LogP contribution is -2.39. The molecule has 5 heteroatoms. The van der Waals surface area contributed by atoms with Crippen molar-refractivity contribution >= 4 is 32.6 Å². The van der Waals surface area contributed by atoms with Crippen LogP contribution in [0.5, 0.6) is 0 Å². The van der Waals surface area contributed by atoms with Crippen LogP contribution >= 0.6 is 27.5 Å². The molecule has 0 spiro atoms. The SMILES string of the molecule is CC(C)c1nsc(N2CCCCC2CCBr)n1. The van der Waals surface area contributed by atoms with Crippen molar-refractivity contribution in [2.45, 2.75) is 51.5 Å². The number of rotatable bonds is 4. The molecule has 1 aliphatic rings. The summed E-state index contributed by atoms with van der Waals surface area (Å²) in [6.07, 6.45) is 5.14. The van der Waals surface area contributed by atoms with Crippen molar-refractivity contribution in [2.24, 2.45) is 0 Å². The van der Waals surface area contributed by atoms with Gasteiger partial charge in [-0.3, -0.25) is 0 Å². The number of hydrogen-bond acceptors (Lipinski definition) is 4. The van der Waals surface area contributed by atoms with Gasteiger partial charge in [0, 0.05) is 35.4 Å². The van der Waals surface area contributed by atoms with Gasteiger partial charge in [0.15, 0.2) is 0 Å². The predicted octanol–water partition coefficient (Wildman–Crippen LogP) is 3.81. The molecule has 0 N–H and O–H groups in total. The Hall–Kier alpha value is -0.160. The first-order valence-corrected chi connectivity index (χ1v) is 8.28. The highest BCUT2D eigenvalue weighted by Crippen LogP contribution is 2.29. The van der Waals surface area contributed by atoms with E-state index in [0.717, 1.165) is 22.8 Å². The number of hydrogen-bond donors (Lipinski definition) is 0. The van der Waals surface area contributed by atoms with E-state index in [9.17, 15) is 0 Å². The summed E-state index contributed by atoms with van der Waals surface area (Å²) in [6, 6.07) is 0.649. The number of piperidine rings is 1. The van der Waals surface area contributed by atoms with E-state index in [4.69, 9.17) is 0 Å². The molecule has 1 saturated heterocycles. The van der Waals surface area contributed by atoms with Crippen LogP contribution in [0.2, 0.25) is 0 Å². The van der Waals surface area contributed by atoms with Crippen LogP contribution in [-0.4, -0.2) is 27.3 Å². The highest BCUT2D eigenvalue weighted by atomic mass is 79.9. The molecule has 1 unspecified atom stereocenters. The first kappa shape index (κ1) is 13.3. The third-order valence-electron chi connectivity index (χ3n) is 3.26. The first-order valence-electron chi connectivity index (χ1n) is 6.38. The Morgan fingerprint density at radius 2 is 2.29 bits per heavy atom. The van der Waals surface area contributed by atoms with Crippen molar-refractivity contribution in [3.05, 3.63) is 5.82 Å². The molecule has 3 nitrogen and oxygen atoms in total. The Labute approximate surface area is 116 Å². The smallest absolute Gasteiger partial charge is 0.205 e. The van der Waals surface area contributed by atoms with Gasteiger partial charge in [0.1, 0.15) is 5.82 Å². The number of alkyl halides is 1. The number of anilines is 1. The number of aromatic nitrogens is 2. The largest absolute Gasteiger partial charge is 0.344 e. The maximum atomic E-state index is 4.68. The van der Waals surface area contributed by atoms with Crippen molar-refractivity contribution in [1.82, 2.24) is 9.36 Å². The van der Waals surface area contributed by atoms with Crippen LogP contribution in [0.4, 0.5) is 5.13 Å². The predicted molar refractivity (Wildman–Crippen MR) is 77.4 cm³/mol. The Bertz CT molecular complexity index is 351. The summed E-state index contributed by atoms with van der Waals surface area (Å²) in [6.45, 7) is 5.44. The van der Waals surface area contributed by atoms with E-state index in [1.807, 2.05) is 0 Å². The van der Waals surface area contributed by atoms with Crippen molar-refractivity contribution < 1.29 is 0 Å². The van der Waals surface area contributed by atoms with Gasteiger partial charge in [0.2, 0.25) is 5.13 Å². The highest BCUT2D eigenvalue weighted by molar-refractivity contribution is 9.09. The van der Waals surface area contributed by atoms with E-state index in [1.165, 1.54) is 25.7 Å². The first-order chi connectivity index (χ1) is 8.22. The summed E-state index contributed by atoms with van der Waals surface area (Å²) < 4.78 is 4.46. The average Bonchev–Trinajstić information content (AvgIpc) is 2.79. The van der Waals surface area contributed by atoms with E-state index in [0.29, 0.717) is 12.0 Å². The Balaban J connectivity index is 2.11. The molecule has 0 aliphatic carbocycles. The van der Waals surface area contributed by atoms with Gasteiger partial charge in [-0.05, 0) is 25.7 Å². The van der Waals surface area contributed by atoms with E-state index in [1.54, 1.807) is 11.5 Å². The van der Waals surface area contributed by atoms with Gasteiger partial charge in [-0.2, -0.15) is 4.37 Å². The lowest BCUT2D eigenvalue weighted by molar-refractivity contribution is 0.452. The lowest BCUT2D eigenvalue weighted by atomic mass is 10.0. The monoisotopic (exact) mass is 317 g/mol. The van der Waals surface area contributed by atoms with Crippen LogP contribution in [0.15, 0.2) is 0 Å². The fourth-order valence-electron chi connectivity index (χ4n) is 2.26. The van der Waals surface area contributed by atoms with Crippen molar-refractivity contribution in [1.29, 1.82) is 0 Å². The molecule has 1 atom stereocenters. The fourth-order valence-corrected chi connectivity index (χ4v) is 3.69. The van der Waals surface area contributed by atoms with Crippen LogP contribution in [0.25, 0.3) is 0 Å². The zero-order valence-corrected chi connectivity index (χ0v) is 12.9. The minimum absolute atomic E-state index is 0.430. The van der Waals surface area contributed by atoms with Crippen molar-refractivity contribution in [3.8, 4) is 0 Å². The second-order valence-electron chi connectivity index (χ2n) is 4.91. The van der Waals surface area contributed by atoms with Crippen LogP contribution in [-0.2, 0) is 0 Å². The average molecular weight is 318 g/mol. The van der Waals surface area contributed by atoms with Gasteiger partial charge in [0.25, 0.3) is 0 Å². The maximum Gasteiger partial charge on any atom is 0.205 e. The summed E-state index contributed by atoms with van der Waals surface area (Å²) in [5.41, 5.74) is 0. The molecule has 2 rings (SSSR count). The molecule has 0 amide bonds. The summed E-state index contributed by atoms with van der Waals surface area (Å²) in [4.78, 5) is 7.15. The van der Waals surface area contributed by atoms with E-state index in [2.05, 4.69) is 44.0 Å². The molecule has 0 radical (unpaired) electrons. The second kappa shape index (κ2) is 6.14. The van der Waals surface area contributed by atoms with E-state index in [-0.39, 0.29) is 0 Å². The van der Waals surface area contributed by atoms with Gasteiger partial charge in [0.05, 0.1) is 0 Å². The molecule has 0 saturated carbocycles. The minimum atomic E-state index is 0.430. The van der Waals surface area contributed by atoms with Gasteiger partial charge in [-0.25, -0.2) is 4.98 Å². The van der Waals surface area contributed by atoms with Gasteiger partial charge in [-0.15, -0.1) is 0 Å². The van der Waals surface area contributed by atoms with E-state index < -0.39 is 0 Å². The molecule has 0 bridgehead atoms. The molecule has 0 aromatic carbocycles. The maximum absolute atomic E-state index is 4.68. The lowest BCUT2D eigenvalue weighted by Gasteiger charge is -2.35. The summed E-state index contributed by atoms with van der Waals surface area (Å²) in [7, 11) is 0. The molecular weight excluding hydrogens is 298 g/mol. The van der Waals surface area contributed by atoms with Gasteiger partial charge in [-0.1, -0.05) is 29.8 Å². The quantitative estimate of drug-likeness (QED) is 0.791. The van der Waals surface area contributed by atoms with Crippen LogP contribution in [0.3, 0.4) is 0 Å². The molecule has 1 aromatic rings. The summed E-state index contributed by atoms with van der Waals surface area (Å²) >= 11 is 5.12. The van der Waals surface area contributed by atoms with Crippen molar-refractivity contribution in [3.63, 3.8) is 0 Å². The Morgan fingerprint density at radius 3 is 2.94 bits per heavy atom. The third-order valence-corrected chi connectivity index (χ3v) is 4.49. The van der Waals surface area contributed by atoms with Crippen LogP contribution in [0, 0.1) is 0 Å². The molecule has 17 heavy (non-hydrogen) atoms. The molecule has 1 aromatic heterocycles. The van der Waals surface area contributed by atoms with Gasteiger partial charge < -0.3 is 4.90 Å². The topological polar surface area (TPSA) is 29.0 Å². The normalized spacial score (nSPS) is 21.2. The molecular formula is C12H20BrN3S. The molecule has 2 heterocycles. The van der Waals surface area contributed by atoms with E-state index >= 15 is 0 Å². The number of nitrogens with zero attached hydrogens (tertiary/aromatic N) is 3. The standard InChI is InChI=1S/C12H20BrN3S/c1-9(2)11-14-12(17-15-11)16-8-4-3-5-10(16)6-7-13/h9-10H,3-8H2,1-2H3. The fraction of sp³-hybridized carbons (Fsp3) is 0.833. The Kier molecular flexibility index (Phi) is 4.79. The molecule has 1 fully saturated rings. The summed E-state index contributed by atoms with van der Waals surface area (Å²) in [5, 5.41) is 2.20. The molecule has 1 aliphatic heterocycles. The number of halogens is 1. The zero-order valence-electron chi connectivity index (χ0n) is 10.5. The van der Waals surface area contributed by atoms with Gasteiger partial charge >= 0.3 is 0 Å². The highest BCUT2D eigenvalue weighted by Gasteiger charge is 2.25. The summed E-state index contributed by atoms with van der Waals surface area (Å²) in [5.74, 6) is 1.42. The zero-order chi connectivity index (χ0) is 12.3. The third kappa shape index (κ3) is 3.19. The van der Waals surface area contributed by atoms with Crippen LogP contribution < -0.4 is 4.90 Å².